The molecule has 0 radical (unpaired) electrons. The van der Waals surface area contributed by atoms with Gasteiger partial charge in [0.05, 0.1) is 18.1 Å². The Morgan fingerprint density at radius 2 is 1.70 bits per heavy atom. The second-order valence-electron chi connectivity index (χ2n) is 10.2. The van der Waals surface area contributed by atoms with Crippen molar-refractivity contribution in [2.75, 3.05) is 13.2 Å². The van der Waals surface area contributed by atoms with Gasteiger partial charge in [-0.1, -0.05) is 67.1 Å². The van der Waals surface area contributed by atoms with E-state index in [0.29, 0.717) is 49.9 Å². The Balaban J connectivity index is 1.37. The highest BCUT2D eigenvalue weighted by Crippen LogP contribution is 2.34. The molecule has 0 bridgehead atoms. The summed E-state index contributed by atoms with van der Waals surface area (Å²) in [5.41, 5.74) is 4.74. The average Bonchev–Trinajstić information content (AvgIpc) is 3.42. The number of nitrogens with zero attached hydrogens (tertiary/aromatic N) is 5. The summed E-state index contributed by atoms with van der Waals surface area (Å²) in [7, 11) is 0. The molecule has 1 atom stereocenters. The van der Waals surface area contributed by atoms with Crippen LogP contribution in [0.4, 0.5) is 0 Å². The first-order chi connectivity index (χ1) is 19.6. The summed E-state index contributed by atoms with van der Waals surface area (Å²) in [5, 5.41) is 13.7. The largest absolute Gasteiger partial charge is 0.486 e. The number of nitrogens with one attached hydrogen (secondary N) is 1. The Morgan fingerprint density at radius 1 is 0.950 bits per heavy atom. The van der Waals surface area contributed by atoms with E-state index in [1.54, 1.807) is 0 Å². The van der Waals surface area contributed by atoms with E-state index in [1.807, 2.05) is 41.1 Å². The number of hydrogen-bond donors (Lipinski definition) is 1. The monoisotopic (exact) mass is 536 g/mol. The van der Waals surface area contributed by atoms with E-state index in [-0.39, 0.29) is 11.6 Å². The third kappa shape index (κ3) is 5.46. The number of ether oxygens (including phenoxy) is 2. The van der Waals surface area contributed by atoms with Crippen LogP contribution < -0.4 is 15.0 Å². The lowest BCUT2D eigenvalue weighted by atomic mass is 10.1. The van der Waals surface area contributed by atoms with Gasteiger partial charge in [0.15, 0.2) is 17.3 Å². The molecule has 1 aliphatic rings. The molecule has 9 heteroatoms. The van der Waals surface area contributed by atoms with Crippen molar-refractivity contribution < 1.29 is 9.47 Å². The van der Waals surface area contributed by atoms with Gasteiger partial charge in [-0.15, -0.1) is 5.10 Å². The molecule has 40 heavy (non-hydrogen) atoms. The number of aromatic amines is 1. The predicted octanol–water partition coefficient (Wildman–Crippen LogP) is 4.80. The molecule has 6 rings (SSSR count). The molecule has 0 spiro atoms. The SMILES string of the molecule is CC[C@@H](c1nnnn1Cc1ccccc1)N(Cc1ccc(C)cc1)Cc1cc2cc3c(cc2[nH]c1=O)OCCO3. The highest BCUT2D eigenvalue weighted by atomic mass is 16.6. The normalized spacial score (nSPS) is 13.6. The van der Waals surface area contributed by atoms with Crippen molar-refractivity contribution in [3.05, 3.63) is 111 Å². The van der Waals surface area contributed by atoms with Crippen LogP contribution in [0.1, 0.15) is 47.5 Å². The Hall–Kier alpha value is -4.50. The van der Waals surface area contributed by atoms with Crippen LogP contribution >= 0.6 is 0 Å². The lowest BCUT2D eigenvalue weighted by Crippen LogP contribution is -2.32. The van der Waals surface area contributed by atoms with Crippen LogP contribution in [0.3, 0.4) is 0 Å². The van der Waals surface area contributed by atoms with Crippen molar-refractivity contribution >= 4 is 10.9 Å². The summed E-state index contributed by atoms with van der Waals surface area (Å²) < 4.78 is 13.4. The van der Waals surface area contributed by atoms with Gasteiger partial charge < -0.3 is 14.5 Å². The highest BCUT2D eigenvalue weighted by molar-refractivity contribution is 5.83. The molecule has 9 nitrogen and oxygen atoms in total. The van der Waals surface area contributed by atoms with Crippen LogP contribution in [-0.4, -0.2) is 43.3 Å². The molecule has 2 aromatic heterocycles. The maximum atomic E-state index is 13.3. The number of aromatic nitrogens is 5. The van der Waals surface area contributed by atoms with Crippen molar-refractivity contribution in [1.82, 2.24) is 30.1 Å². The molecule has 5 aromatic rings. The van der Waals surface area contributed by atoms with Crippen molar-refractivity contribution in [1.29, 1.82) is 0 Å². The average molecular weight is 537 g/mol. The Morgan fingerprint density at radius 3 is 2.45 bits per heavy atom. The van der Waals surface area contributed by atoms with Crippen LogP contribution in [-0.2, 0) is 19.6 Å². The van der Waals surface area contributed by atoms with E-state index in [2.05, 4.69) is 75.7 Å². The van der Waals surface area contributed by atoms with Gasteiger partial charge in [-0.2, -0.15) is 0 Å². The Kier molecular flexibility index (Phi) is 7.29. The first-order valence-corrected chi connectivity index (χ1v) is 13.6. The van der Waals surface area contributed by atoms with E-state index < -0.39 is 0 Å². The van der Waals surface area contributed by atoms with E-state index in [9.17, 15) is 4.79 Å². The minimum absolute atomic E-state index is 0.115. The second kappa shape index (κ2) is 11.3. The first kappa shape index (κ1) is 25.8. The van der Waals surface area contributed by atoms with Gasteiger partial charge in [-0.05, 0) is 47.0 Å². The lowest BCUT2D eigenvalue weighted by molar-refractivity contribution is 0.161. The third-order valence-electron chi connectivity index (χ3n) is 7.32. The minimum Gasteiger partial charge on any atom is -0.486 e. The molecule has 0 aliphatic carbocycles. The fourth-order valence-corrected chi connectivity index (χ4v) is 5.25. The van der Waals surface area contributed by atoms with Crippen molar-refractivity contribution in [2.45, 2.75) is 45.9 Å². The van der Waals surface area contributed by atoms with Gasteiger partial charge in [0, 0.05) is 30.1 Å². The second-order valence-corrected chi connectivity index (χ2v) is 10.2. The molecule has 204 valence electrons. The number of aryl methyl sites for hydroxylation is 1. The molecular weight excluding hydrogens is 504 g/mol. The van der Waals surface area contributed by atoms with Crippen LogP contribution in [0.5, 0.6) is 11.5 Å². The summed E-state index contributed by atoms with van der Waals surface area (Å²) >= 11 is 0. The molecule has 3 heterocycles. The van der Waals surface area contributed by atoms with Crippen LogP contribution in [0, 0.1) is 6.92 Å². The number of pyridine rings is 1. The molecule has 3 aromatic carbocycles. The number of benzene rings is 3. The number of hydrogen-bond acceptors (Lipinski definition) is 7. The number of rotatable bonds is 9. The Bertz CT molecular complexity index is 1660. The van der Waals surface area contributed by atoms with Crippen molar-refractivity contribution in [2.24, 2.45) is 0 Å². The maximum Gasteiger partial charge on any atom is 0.252 e. The first-order valence-electron chi connectivity index (χ1n) is 13.6. The number of tetrazole rings is 1. The molecule has 0 fully saturated rings. The lowest BCUT2D eigenvalue weighted by Gasteiger charge is -2.30. The minimum atomic E-state index is -0.128. The maximum absolute atomic E-state index is 13.3. The zero-order valence-corrected chi connectivity index (χ0v) is 22.7. The van der Waals surface area contributed by atoms with E-state index in [1.165, 1.54) is 5.56 Å². The summed E-state index contributed by atoms with van der Waals surface area (Å²) in [6.45, 7) is 6.84. The van der Waals surface area contributed by atoms with Crippen LogP contribution in [0.25, 0.3) is 10.9 Å². The van der Waals surface area contributed by atoms with Gasteiger partial charge >= 0.3 is 0 Å². The number of fused-ring (bicyclic) bond motifs is 2. The van der Waals surface area contributed by atoms with Gasteiger partial charge in [0.25, 0.3) is 5.56 Å². The smallest absolute Gasteiger partial charge is 0.252 e. The number of H-pyrrole nitrogens is 1. The highest BCUT2D eigenvalue weighted by Gasteiger charge is 2.26. The van der Waals surface area contributed by atoms with Crippen LogP contribution in [0.15, 0.2) is 77.6 Å². The summed E-state index contributed by atoms with van der Waals surface area (Å²) in [6.07, 6.45) is 0.769. The summed E-state index contributed by atoms with van der Waals surface area (Å²) in [4.78, 5) is 18.7. The van der Waals surface area contributed by atoms with Gasteiger partial charge in [0.2, 0.25) is 0 Å². The van der Waals surface area contributed by atoms with Crippen LogP contribution in [0.2, 0.25) is 0 Å². The zero-order chi connectivity index (χ0) is 27.5. The molecule has 0 saturated heterocycles. The van der Waals surface area contributed by atoms with Gasteiger partial charge in [-0.3, -0.25) is 9.69 Å². The van der Waals surface area contributed by atoms with E-state index in [0.717, 1.165) is 34.3 Å². The zero-order valence-electron chi connectivity index (χ0n) is 22.7. The van der Waals surface area contributed by atoms with E-state index >= 15 is 0 Å². The molecule has 0 unspecified atom stereocenters. The fraction of sp³-hybridized carbons (Fsp3) is 0.290. The van der Waals surface area contributed by atoms with Crippen molar-refractivity contribution in [3.63, 3.8) is 0 Å². The van der Waals surface area contributed by atoms with Gasteiger partial charge in [-0.25, -0.2) is 4.68 Å². The molecule has 1 N–H and O–H groups in total. The van der Waals surface area contributed by atoms with Gasteiger partial charge in [0.1, 0.15) is 13.2 Å². The summed E-state index contributed by atoms with van der Waals surface area (Å²) in [6, 6.07) is 24.3. The molecule has 0 saturated carbocycles. The predicted molar refractivity (Wildman–Crippen MR) is 152 cm³/mol. The molecular formula is C31H32N6O3. The standard InChI is InChI=1S/C31H32N6O3/c1-3-27(30-33-34-35-37(30)19-22-7-5-4-6-8-22)36(18-23-11-9-21(2)10-12-23)20-25-15-24-16-28-29(40-14-13-39-28)17-26(24)32-31(25)38/h4-12,15-17,27H,3,13-14,18-20H2,1-2H3,(H,32,38)/t27-/m0/s1. The summed E-state index contributed by atoms with van der Waals surface area (Å²) in [5.74, 6) is 2.12. The third-order valence-corrected chi connectivity index (χ3v) is 7.32. The molecule has 1 aliphatic heterocycles. The fourth-order valence-electron chi connectivity index (χ4n) is 5.25. The molecule has 0 amide bonds. The quantitative estimate of drug-likeness (QED) is 0.289. The topological polar surface area (TPSA) is 98.2 Å². The van der Waals surface area contributed by atoms with E-state index in [4.69, 9.17) is 9.47 Å². The Labute approximate surface area is 232 Å². The van der Waals surface area contributed by atoms with Crippen molar-refractivity contribution in [3.8, 4) is 11.5 Å².